The molecule has 21 heavy (non-hydrogen) atoms. The van der Waals surface area contributed by atoms with Crippen LogP contribution < -0.4 is 5.32 Å². The predicted molar refractivity (Wildman–Crippen MR) is 77.6 cm³/mol. The summed E-state index contributed by atoms with van der Waals surface area (Å²) in [6.45, 7) is 9.44. The van der Waals surface area contributed by atoms with Gasteiger partial charge in [0.2, 0.25) is 0 Å². The first-order valence-corrected chi connectivity index (χ1v) is 6.98. The second-order valence-corrected chi connectivity index (χ2v) is 6.99. The molecule has 0 saturated carbocycles. The van der Waals surface area contributed by atoms with Crippen molar-refractivity contribution in [2.75, 3.05) is 26.2 Å². The van der Waals surface area contributed by atoms with Gasteiger partial charge in [-0.15, -0.1) is 0 Å². The number of carbonyl (C=O) groups is 1. The molecule has 0 saturated heterocycles. The Kier molecular flexibility index (Phi) is 7.02. The van der Waals surface area contributed by atoms with E-state index in [1.807, 2.05) is 20.8 Å². The van der Waals surface area contributed by atoms with E-state index in [2.05, 4.69) is 5.32 Å². The SMILES string of the molecule is CC(C)(C)OC(=O)N(CCNCC(F)(F)CO)C(C)(C)C. The average molecular weight is 310 g/mol. The quantitative estimate of drug-likeness (QED) is 0.739. The topological polar surface area (TPSA) is 61.8 Å². The molecule has 0 bridgehead atoms. The van der Waals surface area contributed by atoms with Crippen molar-refractivity contribution >= 4 is 6.09 Å². The fourth-order valence-electron chi connectivity index (χ4n) is 1.54. The van der Waals surface area contributed by atoms with Gasteiger partial charge >= 0.3 is 6.09 Å². The molecule has 0 aliphatic heterocycles. The Balaban J connectivity index is 4.50. The zero-order valence-electron chi connectivity index (χ0n) is 13.8. The summed E-state index contributed by atoms with van der Waals surface area (Å²) in [5, 5.41) is 11.0. The minimum absolute atomic E-state index is 0.187. The molecule has 0 aromatic carbocycles. The van der Waals surface area contributed by atoms with Crippen molar-refractivity contribution in [1.29, 1.82) is 0 Å². The highest BCUT2D eigenvalue weighted by Crippen LogP contribution is 2.18. The lowest BCUT2D eigenvalue weighted by molar-refractivity contribution is -0.0480. The number of nitrogens with one attached hydrogen (secondary N) is 1. The first-order chi connectivity index (χ1) is 9.28. The van der Waals surface area contributed by atoms with Crippen LogP contribution in [-0.2, 0) is 4.74 Å². The fourth-order valence-corrected chi connectivity index (χ4v) is 1.54. The summed E-state index contributed by atoms with van der Waals surface area (Å²) in [5.41, 5.74) is -1.10. The van der Waals surface area contributed by atoms with Crippen LogP contribution in [0.25, 0.3) is 0 Å². The van der Waals surface area contributed by atoms with E-state index in [-0.39, 0.29) is 13.1 Å². The normalized spacial score (nSPS) is 13.2. The highest BCUT2D eigenvalue weighted by molar-refractivity contribution is 5.69. The van der Waals surface area contributed by atoms with E-state index in [4.69, 9.17) is 9.84 Å². The molecule has 5 nitrogen and oxygen atoms in total. The Labute approximate surface area is 125 Å². The number of rotatable bonds is 6. The van der Waals surface area contributed by atoms with Gasteiger partial charge in [0.1, 0.15) is 12.2 Å². The Morgan fingerprint density at radius 3 is 2.10 bits per heavy atom. The molecule has 2 N–H and O–H groups in total. The van der Waals surface area contributed by atoms with E-state index in [0.717, 1.165) is 0 Å². The standard InChI is InChI=1S/C14H28F2N2O3/c1-12(2,3)18(11(20)21-13(4,5)6)8-7-17-9-14(15,16)10-19/h17,19H,7-10H2,1-6H3. The summed E-state index contributed by atoms with van der Waals surface area (Å²) in [4.78, 5) is 13.6. The molecule has 0 aromatic rings. The predicted octanol–water partition coefficient (Wildman–Crippen LogP) is 2.24. The van der Waals surface area contributed by atoms with Crippen LogP contribution in [0, 0.1) is 0 Å². The fraction of sp³-hybridized carbons (Fsp3) is 0.929. The third-order valence-electron chi connectivity index (χ3n) is 2.55. The Morgan fingerprint density at radius 2 is 1.71 bits per heavy atom. The average Bonchev–Trinajstić information content (AvgIpc) is 2.24. The number of hydrogen-bond donors (Lipinski definition) is 2. The highest BCUT2D eigenvalue weighted by Gasteiger charge is 2.31. The smallest absolute Gasteiger partial charge is 0.410 e. The van der Waals surface area contributed by atoms with E-state index in [9.17, 15) is 13.6 Å². The Bertz CT molecular complexity index is 336. The van der Waals surface area contributed by atoms with Crippen LogP contribution in [0.5, 0.6) is 0 Å². The second kappa shape index (κ2) is 7.35. The van der Waals surface area contributed by atoms with Gasteiger partial charge in [0.05, 0.1) is 6.54 Å². The molecule has 0 spiro atoms. The van der Waals surface area contributed by atoms with Crippen LogP contribution in [0.3, 0.4) is 0 Å². The van der Waals surface area contributed by atoms with Crippen molar-refractivity contribution in [3.8, 4) is 0 Å². The van der Waals surface area contributed by atoms with Crippen LogP contribution in [0.15, 0.2) is 0 Å². The van der Waals surface area contributed by atoms with E-state index in [1.54, 1.807) is 20.8 Å². The minimum Gasteiger partial charge on any atom is -0.444 e. The minimum atomic E-state index is -3.15. The number of carbonyl (C=O) groups excluding carboxylic acids is 1. The molecule has 0 rings (SSSR count). The molecular formula is C14H28F2N2O3. The van der Waals surface area contributed by atoms with E-state index < -0.39 is 36.3 Å². The van der Waals surface area contributed by atoms with Gasteiger partial charge in [0.15, 0.2) is 0 Å². The molecule has 0 heterocycles. The summed E-state index contributed by atoms with van der Waals surface area (Å²) < 4.78 is 31.1. The van der Waals surface area contributed by atoms with Gasteiger partial charge in [-0.05, 0) is 41.5 Å². The maximum atomic E-state index is 12.9. The highest BCUT2D eigenvalue weighted by atomic mass is 19.3. The number of alkyl halides is 2. The lowest BCUT2D eigenvalue weighted by Crippen LogP contribution is -2.51. The number of halogens is 2. The number of hydrogen-bond acceptors (Lipinski definition) is 4. The molecule has 0 aliphatic carbocycles. The molecule has 0 aliphatic rings. The first-order valence-electron chi connectivity index (χ1n) is 6.98. The lowest BCUT2D eigenvalue weighted by Gasteiger charge is -2.37. The molecule has 7 heteroatoms. The van der Waals surface area contributed by atoms with Crippen molar-refractivity contribution in [2.24, 2.45) is 0 Å². The van der Waals surface area contributed by atoms with Crippen LogP contribution >= 0.6 is 0 Å². The van der Waals surface area contributed by atoms with Gasteiger partial charge in [-0.25, -0.2) is 13.6 Å². The number of ether oxygens (including phenoxy) is 1. The summed E-state index contributed by atoms with van der Waals surface area (Å²) in [6.07, 6.45) is -0.481. The van der Waals surface area contributed by atoms with E-state index in [0.29, 0.717) is 0 Å². The molecular weight excluding hydrogens is 282 g/mol. The van der Waals surface area contributed by atoms with Crippen LogP contribution in [0.1, 0.15) is 41.5 Å². The molecule has 0 fully saturated rings. The van der Waals surface area contributed by atoms with Gasteiger partial charge < -0.3 is 20.1 Å². The van der Waals surface area contributed by atoms with Crippen molar-refractivity contribution in [3.63, 3.8) is 0 Å². The Morgan fingerprint density at radius 1 is 1.19 bits per heavy atom. The van der Waals surface area contributed by atoms with Crippen LogP contribution in [0.2, 0.25) is 0 Å². The molecule has 0 aromatic heterocycles. The van der Waals surface area contributed by atoms with Gasteiger partial charge in [-0.1, -0.05) is 0 Å². The van der Waals surface area contributed by atoms with Gasteiger partial charge in [0, 0.05) is 18.6 Å². The Hall–Kier alpha value is -0.950. The van der Waals surface area contributed by atoms with E-state index in [1.165, 1.54) is 4.90 Å². The molecule has 1 amide bonds. The van der Waals surface area contributed by atoms with Crippen molar-refractivity contribution < 1.29 is 23.4 Å². The van der Waals surface area contributed by atoms with Gasteiger partial charge in [-0.2, -0.15) is 0 Å². The van der Waals surface area contributed by atoms with Gasteiger partial charge in [-0.3, -0.25) is 0 Å². The zero-order valence-corrected chi connectivity index (χ0v) is 13.8. The summed E-state index contributed by atoms with van der Waals surface area (Å²) in [5.74, 6) is -3.15. The van der Waals surface area contributed by atoms with E-state index >= 15 is 0 Å². The molecule has 0 radical (unpaired) electrons. The summed E-state index contributed by atoms with van der Waals surface area (Å²) in [6, 6.07) is 0. The lowest BCUT2D eigenvalue weighted by atomic mass is 10.1. The zero-order chi connectivity index (χ0) is 16.9. The van der Waals surface area contributed by atoms with Gasteiger partial charge in [0.25, 0.3) is 5.92 Å². The van der Waals surface area contributed by atoms with Crippen LogP contribution in [0.4, 0.5) is 13.6 Å². The molecule has 0 atom stereocenters. The third-order valence-corrected chi connectivity index (χ3v) is 2.55. The first kappa shape index (κ1) is 20.1. The number of aliphatic hydroxyl groups is 1. The molecule has 0 unspecified atom stereocenters. The summed E-state index contributed by atoms with van der Waals surface area (Å²) >= 11 is 0. The largest absolute Gasteiger partial charge is 0.444 e. The monoisotopic (exact) mass is 310 g/mol. The maximum Gasteiger partial charge on any atom is 0.410 e. The van der Waals surface area contributed by atoms with Crippen molar-refractivity contribution in [1.82, 2.24) is 10.2 Å². The number of aliphatic hydroxyl groups excluding tert-OH is 1. The third kappa shape index (κ3) is 8.83. The molecule has 126 valence electrons. The van der Waals surface area contributed by atoms with Crippen LogP contribution in [-0.4, -0.2) is 59.4 Å². The second-order valence-electron chi connectivity index (χ2n) is 6.99. The number of nitrogens with zero attached hydrogens (tertiary/aromatic N) is 1. The summed E-state index contributed by atoms with van der Waals surface area (Å²) in [7, 11) is 0. The number of amides is 1. The van der Waals surface area contributed by atoms with Crippen molar-refractivity contribution in [2.45, 2.75) is 58.6 Å². The maximum absolute atomic E-state index is 12.9. The van der Waals surface area contributed by atoms with Crippen molar-refractivity contribution in [3.05, 3.63) is 0 Å².